The molecule has 18 heavy (non-hydrogen) atoms. The molecule has 0 aliphatic carbocycles. The molecule has 0 radical (unpaired) electrons. The van der Waals surface area contributed by atoms with Crippen LogP contribution in [-0.4, -0.2) is 12.1 Å². The van der Waals surface area contributed by atoms with E-state index in [1.165, 1.54) is 12.1 Å². The molecule has 1 aromatic rings. The van der Waals surface area contributed by atoms with Crippen LogP contribution in [0.3, 0.4) is 0 Å². The number of rotatable bonds is 2. The van der Waals surface area contributed by atoms with E-state index in [1.807, 2.05) is 0 Å². The Kier molecular flexibility index (Phi) is 5.68. The SMILES string of the molecule is Cl.N[C@@H](c1cccc(Cl)c1Cl)C(F)(F)C(F)(F)F. The van der Waals surface area contributed by atoms with E-state index in [4.69, 9.17) is 28.9 Å². The standard InChI is InChI=1S/C9H6Cl2F5N.ClH/c10-5-3-1-2-4(6(5)11)7(17)8(12,13)9(14,15)16;/h1-3,7H,17H2;1H/t7-;/m0./s1. The van der Waals surface area contributed by atoms with Gasteiger partial charge in [0, 0.05) is 0 Å². The predicted octanol–water partition coefficient (Wildman–Crippen LogP) is 4.61. The van der Waals surface area contributed by atoms with Gasteiger partial charge < -0.3 is 5.73 Å². The van der Waals surface area contributed by atoms with Crippen molar-refractivity contribution in [2.24, 2.45) is 5.73 Å². The number of nitrogens with two attached hydrogens (primary N) is 1. The van der Waals surface area contributed by atoms with Crippen molar-refractivity contribution < 1.29 is 22.0 Å². The average Bonchev–Trinajstić information content (AvgIpc) is 2.19. The van der Waals surface area contributed by atoms with E-state index < -0.39 is 28.7 Å². The molecule has 0 saturated carbocycles. The van der Waals surface area contributed by atoms with Crippen LogP contribution in [0.15, 0.2) is 18.2 Å². The molecule has 0 saturated heterocycles. The molecule has 0 heterocycles. The highest BCUT2D eigenvalue weighted by Crippen LogP contribution is 2.45. The number of hydrogen-bond acceptors (Lipinski definition) is 1. The van der Waals surface area contributed by atoms with Crippen molar-refractivity contribution in [3.63, 3.8) is 0 Å². The Bertz CT molecular complexity index is 421. The molecule has 0 aliphatic rings. The molecule has 0 aromatic heterocycles. The van der Waals surface area contributed by atoms with Gasteiger partial charge in [-0.15, -0.1) is 12.4 Å². The van der Waals surface area contributed by atoms with Crippen LogP contribution in [0.4, 0.5) is 22.0 Å². The Morgan fingerprint density at radius 3 is 2.00 bits per heavy atom. The Morgan fingerprint density at radius 1 is 1.06 bits per heavy atom. The first-order chi connectivity index (χ1) is 7.59. The molecule has 0 amide bonds. The van der Waals surface area contributed by atoms with E-state index in [1.54, 1.807) is 0 Å². The van der Waals surface area contributed by atoms with Crippen molar-refractivity contribution in [2.75, 3.05) is 0 Å². The number of benzene rings is 1. The molecule has 0 bridgehead atoms. The topological polar surface area (TPSA) is 26.0 Å². The third-order valence-electron chi connectivity index (χ3n) is 2.09. The smallest absolute Gasteiger partial charge is 0.319 e. The Balaban J connectivity index is 0.00000289. The first-order valence-corrected chi connectivity index (χ1v) is 4.98. The van der Waals surface area contributed by atoms with E-state index >= 15 is 0 Å². The lowest BCUT2D eigenvalue weighted by atomic mass is 10.0. The first-order valence-electron chi connectivity index (χ1n) is 4.23. The van der Waals surface area contributed by atoms with Gasteiger partial charge in [-0.25, -0.2) is 0 Å². The minimum Gasteiger partial charge on any atom is -0.319 e. The third-order valence-corrected chi connectivity index (χ3v) is 2.92. The highest BCUT2D eigenvalue weighted by Gasteiger charge is 2.62. The molecule has 1 rings (SSSR count). The largest absolute Gasteiger partial charge is 0.455 e. The average molecular weight is 331 g/mol. The summed E-state index contributed by atoms with van der Waals surface area (Å²) in [6.45, 7) is 0. The van der Waals surface area contributed by atoms with Crippen molar-refractivity contribution in [3.8, 4) is 0 Å². The van der Waals surface area contributed by atoms with Crippen LogP contribution in [-0.2, 0) is 0 Å². The summed E-state index contributed by atoms with van der Waals surface area (Å²) >= 11 is 11.0. The van der Waals surface area contributed by atoms with Crippen LogP contribution < -0.4 is 5.73 Å². The van der Waals surface area contributed by atoms with Gasteiger partial charge in [0.15, 0.2) is 0 Å². The fourth-order valence-corrected chi connectivity index (χ4v) is 1.56. The number of hydrogen-bond donors (Lipinski definition) is 1. The van der Waals surface area contributed by atoms with Crippen LogP contribution in [0.1, 0.15) is 11.6 Å². The van der Waals surface area contributed by atoms with Gasteiger partial charge >= 0.3 is 12.1 Å². The summed E-state index contributed by atoms with van der Waals surface area (Å²) in [5.41, 5.74) is 4.36. The van der Waals surface area contributed by atoms with E-state index in [0.29, 0.717) is 0 Å². The van der Waals surface area contributed by atoms with Gasteiger partial charge in [0.2, 0.25) is 0 Å². The van der Waals surface area contributed by atoms with Gasteiger partial charge in [0.05, 0.1) is 10.0 Å². The maximum atomic E-state index is 13.0. The lowest BCUT2D eigenvalue weighted by Gasteiger charge is -2.26. The van der Waals surface area contributed by atoms with Crippen LogP contribution in [0.2, 0.25) is 10.0 Å². The Labute approximate surface area is 115 Å². The summed E-state index contributed by atoms with van der Waals surface area (Å²) in [6, 6.07) is 0.814. The molecule has 0 spiro atoms. The molecule has 104 valence electrons. The fraction of sp³-hybridized carbons (Fsp3) is 0.333. The Morgan fingerprint density at radius 2 is 1.56 bits per heavy atom. The minimum absolute atomic E-state index is 0. The Hall–Kier alpha value is -0.300. The molecule has 0 fully saturated rings. The molecular weight excluding hydrogens is 323 g/mol. The van der Waals surface area contributed by atoms with Gasteiger partial charge in [0.1, 0.15) is 6.04 Å². The zero-order valence-corrected chi connectivity index (χ0v) is 10.8. The van der Waals surface area contributed by atoms with Crippen molar-refractivity contribution in [3.05, 3.63) is 33.8 Å². The fourth-order valence-electron chi connectivity index (χ4n) is 1.13. The molecule has 1 nitrogen and oxygen atoms in total. The van der Waals surface area contributed by atoms with Crippen LogP contribution >= 0.6 is 35.6 Å². The molecule has 9 heteroatoms. The molecule has 0 aliphatic heterocycles. The van der Waals surface area contributed by atoms with Gasteiger partial charge in [-0.2, -0.15) is 22.0 Å². The summed E-state index contributed by atoms with van der Waals surface area (Å²) in [7, 11) is 0. The highest BCUT2D eigenvalue weighted by atomic mass is 35.5. The van der Waals surface area contributed by atoms with Gasteiger partial charge in [-0.1, -0.05) is 35.3 Å². The van der Waals surface area contributed by atoms with Crippen molar-refractivity contribution >= 4 is 35.6 Å². The summed E-state index contributed by atoms with van der Waals surface area (Å²) in [5, 5.41) is -0.553. The predicted molar refractivity (Wildman–Crippen MR) is 61.6 cm³/mol. The van der Waals surface area contributed by atoms with Crippen molar-refractivity contribution in [2.45, 2.75) is 18.1 Å². The second-order valence-electron chi connectivity index (χ2n) is 3.24. The first kappa shape index (κ1) is 17.7. The van der Waals surface area contributed by atoms with Crippen molar-refractivity contribution in [1.82, 2.24) is 0 Å². The van der Waals surface area contributed by atoms with Crippen LogP contribution in [0.25, 0.3) is 0 Å². The molecule has 1 aromatic carbocycles. The number of halogens is 8. The summed E-state index contributed by atoms with van der Waals surface area (Å²) in [4.78, 5) is 0. The molecule has 2 N–H and O–H groups in total. The van der Waals surface area contributed by atoms with E-state index in [2.05, 4.69) is 0 Å². The van der Waals surface area contributed by atoms with E-state index in [9.17, 15) is 22.0 Å². The summed E-state index contributed by atoms with van der Waals surface area (Å²) in [6.07, 6.45) is -5.75. The lowest BCUT2D eigenvalue weighted by molar-refractivity contribution is -0.290. The molecule has 0 unspecified atom stereocenters. The zero-order valence-electron chi connectivity index (χ0n) is 8.44. The monoisotopic (exact) mass is 329 g/mol. The number of alkyl halides is 5. The van der Waals surface area contributed by atoms with Gasteiger partial charge in [-0.05, 0) is 11.6 Å². The molecule has 1 atom stereocenters. The van der Waals surface area contributed by atoms with E-state index in [0.717, 1.165) is 6.07 Å². The quantitative estimate of drug-likeness (QED) is 0.787. The van der Waals surface area contributed by atoms with Crippen LogP contribution in [0.5, 0.6) is 0 Å². The van der Waals surface area contributed by atoms with Crippen LogP contribution in [0, 0.1) is 0 Å². The normalized spacial score (nSPS) is 14.0. The summed E-state index contributed by atoms with van der Waals surface area (Å²) < 4.78 is 62.2. The maximum absolute atomic E-state index is 13.0. The maximum Gasteiger partial charge on any atom is 0.455 e. The van der Waals surface area contributed by atoms with Gasteiger partial charge in [-0.3, -0.25) is 0 Å². The second kappa shape index (κ2) is 5.77. The lowest BCUT2D eigenvalue weighted by Crippen LogP contribution is -2.45. The van der Waals surface area contributed by atoms with E-state index in [-0.39, 0.29) is 17.4 Å². The van der Waals surface area contributed by atoms with Crippen molar-refractivity contribution in [1.29, 1.82) is 0 Å². The molecular formula is C9H7Cl3F5N. The third kappa shape index (κ3) is 3.17. The second-order valence-corrected chi connectivity index (χ2v) is 4.03. The van der Waals surface area contributed by atoms with Gasteiger partial charge in [0.25, 0.3) is 0 Å². The zero-order chi connectivity index (χ0) is 13.4. The minimum atomic E-state index is -5.75. The highest BCUT2D eigenvalue weighted by molar-refractivity contribution is 6.42. The summed E-state index contributed by atoms with van der Waals surface area (Å²) in [5.74, 6) is -5.08.